The van der Waals surface area contributed by atoms with Crippen LogP contribution in [0.15, 0.2) is 72.9 Å². The fourth-order valence-electron chi connectivity index (χ4n) is 4.45. The number of hydrogen-bond donors (Lipinski definition) is 4. The fraction of sp³-hybridized carbons (Fsp3) is 0.148. The molecule has 0 fully saturated rings. The number of pyridine rings is 1. The molecule has 0 saturated carbocycles. The Balaban J connectivity index is 1.74. The molecule has 2 aromatic heterocycles. The summed E-state index contributed by atoms with van der Waals surface area (Å²) < 4.78 is 59.4. The highest BCUT2D eigenvalue weighted by Crippen LogP contribution is 2.35. The van der Waals surface area contributed by atoms with Crippen molar-refractivity contribution in [1.82, 2.24) is 20.4 Å². The number of fused-ring (bicyclic) bond motifs is 2. The summed E-state index contributed by atoms with van der Waals surface area (Å²) in [6.45, 7) is 3.65. The second kappa shape index (κ2) is 12.0. The summed E-state index contributed by atoms with van der Waals surface area (Å²) in [4.78, 5) is 49.3. The lowest BCUT2D eigenvalue weighted by Crippen LogP contribution is -2.40. The molecule has 16 nitrogen and oxygen atoms in total. The van der Waals surface area contributed by atoms with Gasteiger partial charge in [-0.3, -0.25) is 19.4 Å². The van der Waals surface area contributed by atoms with Crippen molar-refractivity contribution in [2.75, 3.05) is 12.4 Å². The van der Waals surface area contributed by atoms with E-state index in [2.05, 4.69) is 35.2 Å². The zero-order valence-electron chi connectivity index (χ0n) is 24.0. The number of anilines is 1. The van der Waals surface area contributed by atoms with Gasteiger partial charge >= 0.3 is 5.97 Å². The number of H-pyrrole nitrogens is 1. The van der Waals surface area contributed by atoms with Gasteiger partial charge in [0.05, 0.1) is 28.9 Å². The quantitative estimate of drug-likeness (QED) is 0.123. The van der Waals surface area contributed by atoms with Crippen molar-refractivity contribution in [2.24, 2.45) is 14.6 Å². The minimum absolute atomic E-state index is 0.0963. The van der Waals surface area contributed by atoms with E-state index in [0.29, 0.717) is 5.52 Å². The smallest absolute Gasteiger partial charge is 0.321 e. The van der Waals surface area contributed by atoms with Crippen LogP contribution in [0, 0.1) is 13.8 Å². The molecule has 0 aliphatic carbocycles. The number of nitrogens with two attached hydrogens (primary N) is 1. The number of benzene rings is 2. The first-order valence-electron chi connectivity index (χ1n) is 13.0. The molecule has 46 heavy (non-hydrogen) atoms. The van der Waals surface area contributed by atoms with Crippen molar-refractivity contribution >= 4 is 71.8 Å². The molecule has 1 unspecified atom stereocenters. The molecule has 1 amide bonds. The number of aromatic amines is 1. The maximum Gasteiger partial charge on any atom is 0.321 e. The number of esters is 1. The summed E-state index contributed by atoms with van der Waals surface area (Å²) in [5, 5.41) is 11.4. The Morgan fingerprint density at radius 1 is 1.11 bits per heavy atom. The van der Waals surface area contributed by atoms with E-state index in [1.165, 1.54) is 24.5 Å². The summed E-state index contributed by atoms with van der Waals surface area (Å²) in [6, 6.07) is 7.78. The Morgan fingerprint density at radius 3 is 2.43 bits per heavy atom. The molecule has 1 aliphatic rings. The SMILES string of the molecule is COC(=O)C(C(=NNC(=O)c1ccncc1)C1=NS(=O)(=O)c2cc(S(N)(=O)=O)c(Cl)cc2N1)c1nc2cc(C)c(C)cc2[nH]c1=O. The van der Waals surface area contributed by atoms with Gasteiger partial charge in [-0.25, -0.2) is 24.0 Å². The Morgan fingerprint density at radius 2 is 1.78 bits per heavy atom. The standard InChI is InChI=1S/C27H23ClN8O8S2/c1-12-8-16-17(9-13(12)2)33-26(38)23(31-16)21(27(39)44-3)22(34-35-25(37)14-4-6-30-7-5-14)24-32-18-10-15(28)19(45(29,40)41)11-20(18)46(42,43)36-24/h4-11,21H,1-3H3,(H,32,36)(H,33,38)(H,35,37)(H2,29,40,41). The van der Waals surface area contributed by atoms with Gasteiger partial charge in [0.1, 0.15) is 21.2 Å². The van der Waals surface area contributed by atoms with Gasteiger partial charge < -0.3 is 15.0 Å². The molecule has 0 radical (unpaired) electrons. The molecule has 19 heteroatoms. The van der Waals surface area contributed by atoms with Crippen LogP contribution in [0.4, 0.5) is 5.69 Å². The monoisotopic (exact) mass is 686 g/mol. The normalized spacial score (nSPS) is 14.9. The first-order chi connectivity index (χ1) is 21.6. The number of amides is 1. The number of sulfonamides is 2. The number of aryl methyl sites for hydroxylation is 2. The van der Waals surface area contributed by atoms with Crippen LogP contribution < -0.4 is 21.4 Å². The molecule has 0 saturated heterocycles. The largest absolute Gasteiger partial charge is 0.468 e. The van der Waals surface area contributed by atoms with E-state index >= 15 is 0 Å². The van der Waals surface area contributed by atoms with Crippen LogP contribution >= 0.6 is 11.6 Å². The average Bonchev–Trinajstić information content (AvgIpc) is 2.98. The van der Waals surface area contributed by atoms with E-state index in [9.17, 15) is 31.2 Å². The number of carbonyl (C=O) groups is 2. The number of nitrogens with one attached hydrogen (secondary N) is 3. The molecule has 5 N–H and O–H groups in total. The van der Waals surface area contributed by atoms with Crippen molar-refractivity contribution < 1.29 is 31.2 Å². The number of rotatable bonds is 7. The number of aromatic nitrogens is 3. The second-order valence-corrected chi connectivity index (χ2v) is 13.4. The molecule has 238 valence electrons. The molecular weight excluding hydrogens is 664 g/mol. The van der Waals surface area contributed by atoms with Gasteiger partial charge in [-0.15, -0.1) is 4.40 Å². The predicted molar refractivity (Wildman–Crippen MR) is 167 cm³/mol. The van der Waals surface area contributed by atoms with E-state index in [1.807, 2.05) is 13.8 Å². The van der Waals surface area contributed by atoms with Crippen LogP contribution in [0.1, 0.15) is 33.1 Å². The Hall–Kier alpha value is -5.04. The summed E-state index contributed by atoms with van der Waals surface area (Å²) in [5.41, 5.74) is 2.46. The van der Waals surface area contributed by atoms with Gasteiger partial charge in [-0.05, 0) is 61.4 Å². The maximum absolute atomic E-state index is 13.4. The molecule has 5 rings (SSSR count). The maximum atomic E-state index is 13.4. The molecule has 0 spiro atoms. The van der Waals surface area contributed by atoms with Crippen molar-refractivity contribution in [3.8, 4) is 0 Å². The molecular formula is C27H23ClN8O8S2. The molecule has 0 bridgehead atoms. The highest BCUT2D eigenvalue weighted by molar-refractivity contribution is 7.91. The zero-order valence-corrected chi connectivity index (χ0v) is 26.4. The Kier molecular flexibility index (Phi) is 8.47. The number of ether oxygens (including phenoxy) is 1. The summed E-state index contributed by atoms with van der Waals surface area (Å²) in [6.07, 6.45) is 2.68. The van der Waals surface area contributed by atoms with Gasteiger partial charge in [-0.2, -0.15) is 13.5 Å². The third kappa shape index (κ3) is 6.23. The van der Waals surface area contributed by atoms with E-state index < -0.39 is 75.5 Å². The molecule has 4 aromatic rings. The van der Waals surface area contributed by atoms with Crippen molar-refractivity contribution in [1.29, 1.82) is 0 Å². The number of carbonyl (C=O) groups excluding carboxylic acids is 2. The Bertz CT molecular complexity index is 2290. The molecule has 3 heterocycles. The number of primary sulfonamides is 1. The predicted octanol–water partition coefficient (Wildman–Crippen LogP) is 1.49. The van der Waals surface area contributed by atoms with E-state index in [0.717, 1.165) is 30.4 Å². The third-order valence-electron chi connectivity index (χ3n) is 6.86. The topological polar surface area (TPSA) is 245 Å². The van der Waals surface area contributed by atoms with Gasteiger partial charge in [-0.1, -0.05) is 11.6 Å². The van der Waals surface area contributed by atoms with E-state index in [4.69, 9.17) is 21.5 Å². The zero-order chi connectivity index (χ0) is 33.6. The number of hydrogen-bond acceptors (Lipinski definition) is 12. The van der Waals surface area contributed by atoms with Crippen LogP contribution in [0.25, 0.3) is 11.0 Å². The lowest BCUT2D eigenvalue weighted by atomic mass is 9.97. The number of amidine groups is 1. The average molecular weight is 687 g/mol. The van der Waals surface area contributed by atoms with Crippen LogP contribution in [0.5, 0.6) is 0 Å². The van der Waals surface area contributed by atoms with E-state index in [1.54, 1.807) is 12.1 Å². The fourth-order valence-corrected chi connectivity index (χ4v) is 6.76. The molecule has 2 aromatic carbocycles. The molecule has 1 aliphatic heterocycles. The second-order valence-electron chi connectivity index (χ2n) is 9.90. The molecule has 1 atom stereocenters. The van der Waals surface area contributed by atoms with Crippen LogP contribution in [-0.2, 0) is 29.6 Å². The lowest BCUT2D eigenvalue weighted by Gasteiger charge is -2.23. The number of methoxy groups -OCH3 is 1. The van der Waals surface area contributed by atoms with Gasteiger partial charge in [0.2, 0.25) is 10.0 Å². The Labute approximate surface area is 265 Å². The van der Waals surface area contributed by atoms with Crippen LogP contribution in [0.2, 0.25) is 5.02 Å². The lowest BCUT2D eigenvalue weighted by molar-refractivity contribution is -0.140. The number of hydrazone groups is 1. The first kappa shape index (κ1) is 32.4. The third-order valence-corrected chi connectivity index (χ3v) is 9.56. The van der Waals surface area contributed by atoms with Gasteiger partial charge in [0, 0.05) is 18.0 Å². The summed E-state index contributed by atoms with van der Waals surface area (Å²) in [7, 11) is -8.17. The van der Waals surface area contributed by atoms with E-state index in [-0.39, 0.29) is 16.8 Å². The highest BCUT2D eigenvalue weighted by atomic mass is 35.5. The van der Waals surface area contributed by atoms with Crippen molar-refractivity contribution in [3.05, 3.63) is 86.6 Å². The highest BCUT2D eigenvalue weighted by Gasteiger charge is 2.39. The van der Waals surface area contributed by atoms with Gasteiger partial charge in [0.15, 0.2) is 11.8 Å². The minimum Gasteiger partial charge on any atom is -0.468 e. The van der Waals surface area contributed by atoms with Crippen molar-refractivity contribution in [2.45, 2.75) is 29.6 Å². The summed E-state index contributed by atoms with van der Waals surface area (Å²) in [5.74, 6) is -4.41. The summed E-state index contributed by atoms with van der Waals surface area (Å²) >= 11 is 6.11. The van der Waals surface area contributed by atoms with Crippen LogP contribution in [-0.4, -0.2) is 62.3 Å². The van der Waals surface area contributed by atoms with Crippen molar-refractivity contribution in [3.63, 3.8) is 0 Å². The number of halogens is 1. The van der Waals surface area contributed by atoms with Gasteiger partial charge in [0.25, 0.3) is 21.5 Å². The van der Waals surface area contributed by atoms with Crippen LogP contribution in [0.3, 0.4) is 0 Å². The first-order valence-corrected chi connectivity index (χ1v) is 16.3. The minimum atomic E-state index is -4.74. The number of nitrogens with zero attached hydrogens (tertiary/aromatic N) is 4.